The maximum atomic E-state index is 12.6. The van der Waals surface area contributed by atoms with Gasteiger partial charge in [-0.3, -0.25) is 4.79 Å². The molecule has 0 fully saturated rings. The van der Waals surface area contributed by atoms with Crippen molar-refractivity contribution in [3.8, 4) is 23.0 Å². The lowest BCUT2D eigenvalue weighted by Crippen LogP contribution is -2.40. The van der Waals surface area contributed by atoms with E-state index in [1.54, 1.807) is 33.5 Å². The lowest BCUT2D eigenvalue weighted by molar-refractivity contribution is -0.117. The molecule has 0 bridgehead atoms. The van der Waals surface area contributed by atoms with E-state index in [4.69, 9.17) is 18.9 Å². The summed E-state index contributed by atoms with van der Waals surface area (Å²) < 4.78 is 21.9. The van der Waals surface area contributed by atoms with Crippen LogP contribution >= 0.6 is 0 Å². The van der Waals surface area contributed by atoms with Gasteiger partial charge in [0.05, 0.1) is 27.4 Å². The number of hydrogen-bond acceptors (Lipinski definition) is 5. The summed E-state index contributed by atoms with van der Waals surface area (Å²) in [6.45, 7) is 4.02. The van der Waals surface area contributed by atoms with Crippen molar-refractivity contribution in [2.24, 2.45) is 0 Å². The molecule has 1 N–H and O–H groups in total. The van der Waals surface area contributed by atoms with E-state index in [-0.39, 0.29) is 11.9 Å². The molecule has 0 aliphatic carbocycles. The summed E-state index contributed by atoms with van der Waals surface area (Å²) in [5.74, 6) is 2.54. The van der Waals surface area contributed by atoms with E-state index in [9.17, 15) is 4.79 Å². The van der Waals surface area contributed by atoms with Gasteiger partial charge in [0.15, 0.2) is 11.5 Å². The van der Waals surface area contributed by atoms with Crippen molar-refractivity contribution in [3.05, 3.63) is 53.6 Å². The lowest BCUT2D eigenvalue weighted by atomic mass is 9.89. The molecule has 0 spiro atoms. The van der Waals surface area contributed by atoms with Gasteiger partial charge in [-0.15, -0.1) is 0 Å². The van der Waals surface area contributed by atoms with Crippen molar-refractivity contribution in [2.45, 2.75) is 31.9 Å². The predicted octanol–water partition coefficient (Wildman–Crippen LogP) is 4.14. The first kappa shape index (κ1) is 20.6. The largest absolute Gasteiger partial charge is 0.497 e. The number of ether oxygens (including phenoxy) is 4. The summed E-state index contributed by atoms with van der Waals surface area (Å²) in [4.78, 5) is 12.6. The molecular weight excluding hydrogens is 370 g/mol. The van der Waals surface area contributed by atoms with Gasteiger partial charge >= 0.3 is 0 Å². The maximum absolute atomic E-state index is 12.6. The Morgan fingerprint density at radius 2 is 1.83 bits per heavy atom. The smallest absolute Gasteiger partial charge is 0.244 e. The summed E-state index contributed by atoms with van der Waals surface area (Å²) in [5.41, 5.74) is 1.39. The molecule has 29 heavy (non-hydrogen) atoms. The van der Waals surface area contributed by atoms with Crippen molar-refractivity contribution < 1.29 is 23.7 Å². The number of fused-ring (bicyclic) bond motifs is 1. The first-order chi connectivity index (χ1) is 13.8. The fourth-order valence-corrected chi connectivity index (χ4v) is 3.44. The number of carbonyl (C=O) groups excluding carboxylic acids is 1. The zero-order chi connectivity index (χ0) is 21.0. The monoisotopic (exact) mass is 397 g/mol. The van der Waals surface area contributed by atoms with Gasteiger partial charge in [-0.25, -0.2) is 0 Å². The predicted molar refractivity (Wildman–Crippen MR) is 112 cm³/mol. The van der Waals surface area contributed by atoms with Gasteiger partial charge in [-0.05, 0) is 49.8 Å². The molecular formula is C23H27NO5. The Balaban J connectivity index is 1.76. The third-order valence-electron chi connectivity index (χ3n) is 4.83. The molecule has 1 heterocycles. The summed E-state index contributed by atoms with van der Waals surface area (Å²) in [6, 6.07) is 11.0. The second-order valence-corrected chi connectivity index (χ2v) is 7.48. The second-order valence-electron chi connectivity index (χ2n) is 7.48. The van der Waals surface area contributed by atoms with Crippen LogP contribution in [0.4, 0.5) is 0 Å². The number of rotatable bonds is 6. The van der Waals surface area contributed by atoms with Gasteiger partial charge in [0, 0.05) is 24.1 Å². The van der Waals surface area contributed by atoms with E-state index in [1.165, 1.54) is 6.08 Å². The van der Waals surface area contributed by atoms with Crippen molar-refractivity contribution in [1.82, 2.24) is 5.32 Å². The normalized spacial score (nSPS) is 17.2. The molecule has 0 saturated heterocycles. The maximum Gasteiger partial charge on any atom is 0.244 e. The van der Waals surface area contributed by atoms with E-state index in [0.29, 0.717) is 17.9 Å². The molecule has 0 saturated carbocycles. The highest BCUT2D eigenvalue weighted by molar-refractivity contribution is 5.92. The van der Waals surface area contributed by atoms with Crippen LogP contribution in [0.3, 0.4) is 0 Å². The van der Waals surface area contributed by atoms with E-state index >= 15 is 0 Å². The molecule has 1 atom stereocenters. The molecule has 6 nitrogen and oxygen atoms in total. The van der Waals surface area contributed by atoms with Crippen LogP contribution in [0, 0.1) is 0 Å². The number of benzene rings is 2. The van der Waals surface area contributed by atoms with Gasteiger partial charge in [0.1, 0.15) is 17.1 Å². The van der Waals surface area contributed by atoms with Crippen LogP contribution in [0.1, 0.15) is 37.4 Å². The summed E-state index contributed by atoms with van der Waals surface area (Å²) in [7, 11) is 4.79. The minimum Gasteiger partial charge on any atom is -0.497 e. The standard InChI is InChI=1S/C23H27NO5/c1-23(2)14-18(17-9-8-16(26-3)13-20(17)29-23)24-22(25)11-7-15-6-10-19(27-4)21(12-15)28-5/h6-13,18H,14H2,1-5H3,(H,24,25)/b11-7+. The fourth-order valence-electron chi connectivity index (χ4n) is 3.44. The summed E-state index contributed by atoms with van der Waals surface area (Å²) in [5, 5.41) is 3.09. The van der Waals surface area contributed by atoms with Gasteiger partial charge in [0.2, 0.25) is 5.91 Å². The SMILES string of the molecule is COc1ccc2c(c1)OC(C)(C)CC2NC(=O)/C=C/c1ccc(OC)c(OC)c1. The van der Waals surface area contributed by atoms with Crippen LogP contribution in [-0.2, 0) is 4.79 Å². The highest BCUT2D eigenvalue weighted by atomic mass is 16.5. The Labute approximate surface area is 171 Å². The van der Waals surface area contributed by atoms with Gasteiger partial charge < -0.3 is 24.3 Å². The molecule has 6 heteroatoms. The Kier molecular flexibility index (Phi) is 6.01. The number of methoxy groups -OCH3 is 3. The molecule has 154 valence electrons. The van der Waals surface area contributed by atoms with E-state index < -0.39 is 5.60 Å². The summed E-state index contributed by atoms with van der Waals surface area (Å²) >= 11 is 0. The third kappa shape index (κ3) is 4.83. The van der Waals surface area contributed by atoms with E-state index in [2.05, 4.69) is 5.32 Å². The first-order valence-corrected chi connectivity index (χ1v) is 9.43. The molecule has 0 radical (unpaired) electrons. The first-order valence-electron chi connectivity index (χ1n) is 9.43. The van der Waals surface area contributed by atoms with E-state index in [0.717, 1.165) is 22.6 Å². The molecule has 2 aromatic rings. The van der Waals surface area contributed by atoms with Crippen LogP contribution < -0.4 is 24.3 Å². The molecule has 3 rings (SSSR count). The zero-order valence-electron chi connectivity index (χ0n) is 17.4. The van der Waals surface area contributed by atoms with Crippen LogP contribution in [0.15, 0.2) is 42.5 Å². The molecule has 0 aromatic heterocycles. The number of hydrogen-bond donors (Lipinski definition) is 1. The number of nitrogens with one attached hydrogen (secondary N) is 1. The van der Waals surface area contributed by atoms with Gasteiger partial charge in [-0.1, -0.05) is 6.07 Å². The van der Waals surface area contributed by atoms with Crippen molar-refractivity contribution in [2.75, 3.05) is 21.3 Å². The van der Waals surface area contributed by atoms with Crippen molar-refractivity contribution in [3.63, 3.8) is 0 Å². The molecule has 1 amide bonds. The minimum atomic E-state index is -0.398. The minimum absolute atomic E-state index is 0.151. The third-order valence-corrected chi connectivity index (χ3v) is 4.83. The van der Waals surface area contributed by atoms with Gasteiger partial charge in [-0.2, -0.15) is 0 Å². The highest BCUT2D eigenvalue weighted by Gasteiger charge is 2.34. The van der Waals surface area contributed by atoms with Crippen LogP contribution in [0.5, 0.6) is 23.0 Å². The second kappa shape index (κ2) is 8.47. The number of amides is 1. The molecule has 2 aromatic carbocycles. The van der Waals surface area contributed by atoms with Crippen molar-refractivity contribution in [1.29, 1.82) is 0 Å². The Morgan fingerprint density at radius 1 is 1.07 bits per heavy atom. The fraction of sp³-hybridized carbons (Fsp3) is 0.348. The Bertz CT molecular complexity index is 919. The van der Waals surface area contributed by atoms with Crippen LogP contribution in [-0.4, -0.2) is 32.8 Å². The lowest BCUT2D eigenvalue weighted by Gasteiger charge is -2.37. The molecule has 1 unspecified atom stereocenters. The Morgan fingerprint density at radius 3 is 2.52 bits per heavy atom. The topological polar surface area (TPSA) is 66.0 Å². The van der Waals surface area contributed by atoms with Gasteiger partial charge in [0.25, 0.3) is 0 Å². The van der Waals surface area contributed by atoms with Crippen LogP contribution in [0.2, 0.25) is 0 Å². The summed E-state index contributed by atoms with van der Waals surface area (Å²) in [6.07, 6.45) is 3.94. The molecule has 1 aliphatic rings. The van der Waals surface area contributed by atoms with E-state index in [1.807, 2.05) is 44.2 Å². The van der Waals surface area contributed by atoms with Crippen LogP contribution in [0.25, 0.3) is 6.08 Å². The Hall–Kier alpha value is -3.15. The number of carbonyl (C=O) groups is 1. The average molecular weight is 397 g/mol. The molecule has 1 aliphatic heterocycles. The zero-order valence-corrected chi connectivity index (χ0v) is 17.4. The average Bonchev–Trinajstić information content (AvgIpc) is 2.70. The highest BCUT2D eigenvalue weighted by Crippen LogP contribution is 2.41. The quantitative estimate of drug-likeness (QED) is 0.742. The van der Waals surface area contributed by atoms with Crippen molar-refractivity contribution >= 4 is 12.0 Å².